The summed E-state index contributed by atoms with van der Waals surface area (Å²) in [7, 11) is 0. The van der Waals surface area contributed by atoms with Crippen molar-refractivity contribution in [1.82, 2.24) is 9.97 Å². The molecule has 10 rings (SSSR count). The summed E-state index contributed by atoms with van der Waals surface area (Å²) >= 11 is 0. The van der Waals surface area contributed by atoms with Gasteiger partial charge in [0.05, 0.1) is 50.0 Å². The van der Waals surface area contributed by atoms with Crippen molar-refractivity contribution >= 4 is 39.0 Å². The first-order valence-corrected chi connectivity index (χ1v) is 16.9. The van der Waals surface area contributed by atoms with Crippen LogP contribution in [0.1, 0.15) is 32.9 Å². The molecular formula is C52H35N3O. The average Bonchev–Trinajstić information content (AvgIpc) is 4.05. The second-order valence-corrected chi connectivity index (χ2v) is 12.0. The Hall–Kier alpha value is -7.56. The van der Waals surface area contributed by atoms with E-state index < -0.39 is 218 Å². The lowest BCUT2D eigenvalue weighted by molar-refractivity contribution is 0.669. The van der Waals surface area contributed by atoms with Gasteiger partial charge in [-0.05, 0) is 70.6 Å². The Morgan fingerprint density at radius 2 is 0.911 bits per heavy atom. The van der Waals surface area contributed by atoms with E-state index in [1.165, 1.54) is 0 Å². The van der Waals surface area contributed by atoms with Crippen molar-refractivity contribution < 1.29 is 37.3 Å². The molecule has 0 saturated heterocycles. The number of benzene rings is 8. The van der Waals surface area contributed by atoms with Gasteiger partial charge in [0.25, 0.3) is 0 Å². The Balaban J connectivity index is 1.45. The molecule has 0 fully saturated rings. The van der Waals surface area contributed by atoms with Gasteiger partial charge in [-0.1, -0.05) is 163 Å². The van der Waals surface area contributed by atoms with Crippen LogP contribution < -0.4 is 4.90 Å². The largest absolute Gasteiger partial charge is 0.454 e. The van der Waals surface area contributed by atoms with E-state index >= 15 is 0 Å². The highest BCUT2D eigenvalue weighted by molar-refractivity contribution is 6.12. The molecule has 0 spiro atoms. The van der Waals surface area contributed by atoms with Crippen LogP contribution in [0, 0.1) is 0 Å². The van der Waals surface area contributed by atoms with Crippen molar-refractivity contribution in [3.63, 3.8) is 0 Å². The maximum Gasteiger partial charge on any atom is 0.160 e. The molecule has 0 amide bonds. The summed E-state index contributed by atoms with van der Waals surface area (Å²) < 4.78 is 224. The first-order valence-electron chi connectivity index (χ1n) is 28.9. The number of furan rings is 1. The van der Waals surface area contributed by atoms with E-state index in [-0.39, 0.29) is 11.4 Å². The smallest absolute Gasteiger partial charge is 0.160 e. The van der Waals surface area contributed by atoms with Gasteiger partial charge in [0.2, 0.25) is 0 Å². The fourth-order valence-electron chi connectivity index (χ4n) is 5.95. The van der Waals surface area contributed by atoms with Crippen molar-refractivity contribution in [1.29, 1.82) is 0 Å². The van der Waals surface area contributed by atoms with Gasteiger partial charge in [-0.25, -0.2) is 9.97 Å². The molecule has 0 atom stereocenters. The molecule has 0 radical (unpaired) electrons. The monoisotopic (exact) mass is 741 g/mol. The Bertz CT molecular complexity index is 4050. The highest BCUT2D eigenvalue weighted by Crippen LogP contribution is 2.45. The first kappa shape index (κ1) is 16.4. The van der Waals surface area contributed by atoms with Gasteiger partial charge < -0.3 is 9.32 Å². The summed E-state index contributed by atoms with van der Waals surface area (Å²) in [6.45, 7) is 0. The fraction of sp³-hybridized carbons (Fsp3) is 0. The molecule has 0 aliphatic carbocycles. The number of hydrogen-bond donors (Lipinski definition) is 0. The van der Waals surface area contributed by atoms with Gasteiger partial charge in [0, 0.05) is 38.8 Å². The topological polar surface area (TPSA) is 42.2 Å². The lowest BCUT2D eigenvalue weighted by Gasteiger charge is -2.26. The summed E-state index contributed by atoms with van der Waals surface area (Å²) in [5, 5.41) is -0.974. The zero-order valence-corrected chi connectivity index (χ0v) is 28.6. The van der Waals surface area contributed by atoms with E-state index in [2.05, 4.69) is 0 Å². The van der Waals surface area contributed by atoms with Crippen molar-refractivity contribution in [2.24, 2.45) is 0 Å². The highest BCUT2D eigenvalue weighted by atomic mass is 16.3. The molecule has 0 unspecified atom stereocenters. The summed E-state index contributed by atoms with van der Waals surface area (Å²) in [6.07, 6.45) is 0. The van der Waals surface area contributed by atoms with Crippen LogP contribution >= 0.6 is 0 Å². The number of rotatable bonds is 8. The molecule has 0 aliphatic heterocycles. The van der Waals surface area contributed by atoms with E-state index in [0.717, 1.165) is 0 Å². The minimum absolute atomic E-state index is 0.233. The molecule has 4 heteroatoms. The van der Waals surface area contributed by atoms with Crippen LogP contribution in [0.2, 0.25) is 0 Å². The van der Waals surface area contributed by atoms with Crippen molar-refractivity contribution in [2.45, 2.75) is 0 Å². The fourth-order valence-corrected chi connectivity index (χ4v) is 5.95. The number of hydrogen-bond acceptors (Lipinski definition) is 4. The third-order valence-corrected chi connectivity index (χ3v) is 8.53. The van der Waals surface area contributed by atoms with E-state index in [4.69, 9.17) is 32.2 Å². The second-order valence-electron chi connectivity index (χ2n) is 12.0. The summed E-state index contributed by atoms with van der Waals surface area (Å²) in [5.41, 5.74) is -6.55. The quantitative estimate of drug-likeness (QED) is 0.155. The lowest BCUT2D eigenvalue weighted by atomic mass is 10.0. The summed E-state index contributed by atoms with van der Waals surface area (Å²) in [6, 6.07) is -4.03. The van der Waals surface area contributed by atoms with E-state index in [0.29, 0.717) is 16.0 Å². The molecular weight excluding hydrogens is 683 g/mol. The van der Waals surface area contributed by atoms with Crippen molar-refractivity contribution in [2.75, 3.05) is 4.90 Å². The van der Waals surface area contributed by atoms with E-state index in [9.17, 15) is 15.1 Å². The molecule has 4 nitrogen and oxygen atoms in total. The molecule has 0 bridgehead atoms. The number of anilines is 3. The third kappa shape index (κ3) is 6.29. The van der Waals surface area contributed by atoms with Gasteiger partial charge in [-0.15, -0.1) is 0 Å². The minimum Gasteiger partial charge on any atom is -0.454 e. The average molecular weight is 742 g/mol. The van der Waals surface area contributed by atoms with Gasteiger partial charge in [-0.3, -0.25) is 0 Å². The minimum atomic E-state index is -1.17. The van der Waals surface area contributed by atoms with Gasteiger partial charge in [0.15, 0.2) is 11.4 Å². The zero-order valence-electron chi connectivity index (χ0n) is 52.6. The Morgan fingerprint density at radius 1 is 0.429 bits per heavy atom. The Kier molecular flexibility index (Phi) is 4.21. The van der Waals surface area contributed by atoms with Crippen LogP contribution in [0.5, 0.6) is 0 Å². The molecule has 2 heterocycles. The number of fused-ring (bicyclic) bond motifs is 3. The second kappa shape index (κ2) is 14.3. The Morgan fingerprint density at radius 3 is 1.45 bits per heavy atom. The summed E-state index contributed by atoms with van der Waals surface area (Å²) in [4.78, 5) is 10.2. The molecule has 0 N–H and O–H groups in total. The predicted molar refractivity (Wildman–Crippen MR) is 231 cm³/mol. The van der Waals surface area contributed by atoms with Gasteiger partial charge >= 0.3 is 0 Å². The third-order valence-electron chi connectivity index (χ3n) is 8.53. The number of nitrogens with zero attached hydrogens (tertiary/aromatic N) is 3. The lowest BCUT2D eigenvalue weighted by Crippen LogP contribution is -2.10. The number of aromatic nitrogens is 2. The van der Waals surface area contributed by atoms with Crippen molar-refractivity contribution in [3.8, 4) is 56.2 Å². The van der Waals surface area contributed by atoms with E-state index in [1.807, 2.05) is 0 Å². The summed E-state index contributed by atoms with van der Waals surface area (Å²) in [5.74, 6) is -0.398. The van der Waals surface area contributed by atoms with Crippen molar-refractivity contribution in [3.05, 3.63) is 212 Å². The first-order chi connectivity index (χ1) is 37.8. The maximum absolute atomic E-state index is 10.3. The Labute approximate surface area is 359 Å². The van der Waals surface area contributed by atoms with Gasteiger partial charge in [-0.2, -0.15) is 0 Å². The SMILES string of the molecule is [2H]c1c([2H])c([2H])c(-c2c([2H])c([2H])c(N(c3c([2H])c([2H])c(-c4c([2H])c([2H])c([2H])c([2H])c4[2H])c([2H])c3[2H])c3c([2H])c(-c4nc(-c5ccccc5)cc(-c5ccccc5)n4)c([2H])c4c3oc3c([2H])c([2H])c([2H])c([2H])c34)c([2H])c2[2H])c([2H])c1[2H]. The van der Waals surface area contributed by atoms with Crippen LogP contribution in [0.3, 0.4) is 0 Å². The molecule has 2 aromatic heterocycles. The highest BCUT2D eigenvalue weighted by Gasteiger charge is 2.23. The van der Waals surface area contributed by atoms with Crippen LogP contribution in [-0.2, 0) is 0 Å². The van der Waals surface area contributed by atoms with Crippen LogP contribution in [0.15, 0.2) is 216 Å². The molecule has 10 aromatic rings. The standard InChI is InChI=1S/C52H35N3O/c1-5-15-36(16-6-1)38-25-29-43(30-26-38)55(44-31-27-39(28-32-44)37-17-7-2-8-18-37)49-34-42(33-46-45-23-13-14-24-50(45)56-51(46)49)52-53-47(40-19-9-3-10-20-40)35-48(54-52)41-21-11-4-12-22-41/h1-35H/i1D,2D,5D,6D,7D,8D,13D,14D,15D,16D,17D,18D,23D,24D,25D,26D,27D,28D,29D,30D,31D,32D,33D,34D. The maximum atomic E-state index is 10.3. The predicted octanol–water partition coefficient (Wildman–Crippen LogP) is 14.2. The van der Waals surface area contributed by atoms with Crippen LogP contribution in [0.25, 0.3) is 78.1 Å². The molecule has 0 aliphatic rings. The number of para-hydroxylation sites is 1. The van der Waals surface area contributed by atoms with Crippen LogP contribution in [-0.4, -0.2) is 9.97 Å². The van der Waals surface area contributed by atoms with Crippen LogP contribution in [0.4, 0.5) is 17.1 Å². The molecule has 8 aromatic carbocycles. The van der Waals surface area contributed by atoms with Gasteiger partial charge in [0.1, 0.15) is 5.58 Å². The normalized spacial score (nSPS) is 17.2. The molecule has 0 saturated carbocycles. The molecule has 264 valence electrons. The molecule has 56 heavy (non-hydrogen) atoms. The zero-order chi connectivity index (χ0) is 58.1. The van der Waals surface area contributed by atoms with E-state index in [1.54, 1.807) is 66.7 Å².